The van der Waals surface area contributed by atoms with Crippen molar-refractivity contribution in [3.63, 3.8) is 0 Å². The molecule has 2 aromatic carbocycles. The molecule has 1 aliphatic rings. The molecule has 1 heterocycles. The Balaban J connectivity index is 1.69. The Morgan fingerprint density at radius 3 is 2.57 bits per heavy atom. The number of Topliss-reactive ketones (excluding diaryl/α,β-unsaturated/α-hetero) is 1. The van der Waals surface area contributed by atoms with E-state index in [1.807, 2.05) is 13.8 Å². The fourth-order valence-electron chi connectivity index (χ4n) is 2.56. The quantitative estimate of drug-likeness (QED) is 0.509. The van der Waals surface area contributed by atoms with Gasteiger partial charge in [-0.2, -0.15) is 0 Å². The van der Waals surface area contributed by atoms with Gasteiger partial charge in [-0.15, -0.1) is 0 Å². The molecule has 0 bridgehead atoms. The van der Waals surface area contributed by atoms with Crippen molar-refractivity contribution in [3.05, 3.63) is 46.5 Å². The molecular weight excluding hydrogens is 388 g/mol. The van der Waals surface area contributed by atoms with Crippen LogP contribution in [-0.4, -0.2) is 38.4 Å². The zero-order chi connectivity index (χ0) is 20.3. The first-order valence-corrected chi connectivity index (χ1v) is 8.91. The summed E-state index contributed by atoms with van der Waals surface area (Å²) in [6.45, 7) is 3.38. The molecule has 2 aromatic rings. The van der Waals surface area contributed by atoms with Crippen LogP contribution < -0.4 is 18.9 Å². The van der Waals surface area contributed by atoms with Crippen molar-refractivity contribution in [1.82, 2.24) is 0 Å². The minimum absolute atomic E-state index is 0.112. The minimum atomic E-state index is -0.703. The monoisotopic (exact) mass is 406 g/mol. The van der Waals surface area contributed by atoms with Crippen molar-refractivity contribution in [2.45, 2.75) is 20.0 Å². The first-order valence-electron chi connectivity index (χ1n) is 8.53. The first-order chi connectivity index (χ1) is 13.4. The van der Waals surface area contributed by atoms with Crippen molar-refractivity contribution in [2.75, 3.05) is 20.5 Å². The Hall–Kier alpha value is -2.93. The van der Waals surface area contributed by atoms with Gasteiger partial charge in [0.2, 0.25) is 6.79 Å². The number of methoxy groups -OCH3 is 1. The molecule has 0 saturated carbocycles. The number of fused-ring (bicyclic) bond motifs is 1. The van der Waals surface area contributed by atoms with E-state index in [1.54, 1.807) is 18.2 Å². The smallest absolute Gasteiger partial charge is 0.338 e. The van der Waals surface area contributed by atoms with E-state index in [1.165, 1.54) is 19.2 Å². The Morgan fingerprint density at radius 2 is 1.86 bits per heavy atom. The summed E-state index contributed by atoms with van der Waals surface area (Å²) >= 11 is 6.21. The van der Waals surface area contributed by atoms with Crippen molar-refractivity contribution >= 4 is 23.4 Å². The number of hydrogen-bond donors (Lipinski definition) is 0. The molecule has 8 heteroatoms. The Morgan fingerprint density at radius 1 is 1.11 bits per heavy atom. The molecule has 0 N–H and O–H groups in total. The molecule has 0 amide bonds. The van der Waals surface area contributed by atoms with Crippen LogP contribution in [0.4, 0.5) is 0 Å². The van der Waals surface area contributed by atoms with Gasteiger partial charge in [0.25, 0.3) is 0 Å². The zero-order valence-corrected chi connectivity index (χ0v) is 16.4. The highest BCUT2D eigenvalue weighted by atomic mass is 35.5. The molecule has 7 nitrogen and oxygen atoms in total. The van der Waals surface area contributed by atoms with Gasteiger partial charge in [0.15, 0.2) is 35.4 Å². The van der Waals surface area contributed by atoms with Crippen molar-refractivity contribution < 1.29 is 33.3 Å². The van der Waals surface area contributed by atoms with Crippen LogP contribution in [0.15, 0.2) is 30.3 Å². The third-order valence-electron chi connectivity index (χ3n) is 3.85. The summed E-state index contributed by atoms with van der Waals surface area (Å²) in [7, 11) is 1.44. The van der Waals surface area contributed by atoms with Crippen LogP contribution in [0.3, 0.4) is 0 Å². The number of benzene rings is 2. The molecule has 148 valence electrons. The topological polar surface area (TPSA) is 80.3 Å². The molecule has 0 atom stereocenters. The van der Waals surface area contributed by atoms with E-state index in [4.69, 9.17) is 35.3 Å². The lowest BCUT2D eigenvalue weighted by atomic mass is 10.1. The fourth-order valence-corrected chi connectivity index (χ4v) is 2.81. The maximum Gasteiger partial charge on any atom is 0.338 e. The van der Waals surface area contributed by atoms with Gasteiger partial charge in [0.05, 0.1) is 23.8 Å². The highest BCUT2D eigenvalue weighted by Crippen LogP contribution is 2.37. The predicted molar refractivity (Wildman–Crippen MR) is 101 cm³/mol. The summed E-state index contributed by atoms with van der Waals surface area (Å²) in [6, 6.07) is 7.64. The summed E-state index contributed by atoms with van der Waals surface area (Å²) in [5.74, 6) is 0.616. The summed E-state index contributed by atoms with van der Waals surface area (Å²) in [4.78, 5) is 24.6. The zero-order valence-electron chi connectivity index (χ0n) is 15.6. The SMILES string of the molecule is COc1cc(C(=O)OCC(=O)c2ccc3c(c2)OCO3)cc(Cl)c1OC(C)C. The second-order valence-electron chi connectivity index (χ2n) is 6.22. The van der Waals surface area contributed by atoms with Gasteiger partial charge in [-0.1, -0.05) is 11.6 Å². The molecule has 0 unspecified atom stereocenters. The van der Waals surface area contributed by atoms with Gasteiger partial charge in [0.1, 0.15) is 0 Å². The lowest BCUT2D eigenvalue weighted by Gasteiger charge is -2.16. The van der Waals surface area contributed by atoms with E-state index in [0.717, 1.165) is 0 Å². The van der Waals surface area contributed by atoms with E-state index in [0.29, 0.717) is 28.6 Å². The lowest BCUT2D eigenvalue weighted by Crippen LogP contribution is -2.15. The van der Waals surface area contributed by atoms with Crippen LogP contribution in [0.2, 0.25) is 5.02 Å². The largest absolute Gasteiger partial charge is 0.493 e. The van der Waals surface area contributed by atoms with Crippen LogP contribution in [0.1, 0.15) is 34.6 Å². The molecule has 0 saturated heterocycles. The Bertz CT molecular complexity index is 908. The molecule has 0 fully saturated rings. The molecule has 1 aliphatic heterocycles. The van der Waals surface area contributed by atoms with Crippen LogP contribution in [0.25, 0.3) is 0 Å². The van der Waals surface area contributed by atoms with E-state index in [9.17, 15) is 9.59 Å². The van der Waals surface area contributed by atoms with Crippen molar-refractivity contribution in [3.8, 4) is 23.0 Å². The van der Waals surface area contributed by atoms with Crippen LogP contribution in [-0.2, 0) is 4.74 Å². The molecule has 0 aliphatic carbocycles. The fraction of sp³-hybridized carbons (Fsp3) is 0.300. The van der Waals surface area contributed by atoms with Crippen molar-refractivity contribution in [2.24, 2.45) is 0 Å². The average Bonchev–Trinajstić information content (AvgIpc) is 3.14. The number of carbonyl (C=O) groups is 2. The number of esters is 1. The van der Waals surface area contributed by atoms with Gasteiger partial charge >= 0.3 is 5.97 Å². The number of ether oxygens (including phenoxy) is 5. The number of halogens is 1. The van der Waals surface area contributed by atoms with E-state index in [-0.39, 0.29) is 29.3 Å². The normalized spacial score (nSPS) is 12.0. The van der Waals surface area contributed by atoms with Crippen molar-refractivity contribution in [1.29, 1.82) is 0 Å². The average molecular weight is 407 g/mol. The van der Waals surface area contributed by atoms with Gasteiger partial charge in [0, 0.05) is 5.56 Å². The van der Waals surface area contributed by atoms with Gasteiger partial charge in [-0.05, 0) is 44.2 Å². The molecule has 0 aromatic heterocycles. The third-order valence-corrected chi connectivity index (χ3v) is 4.13. The second-order valence-corrected chi connectivity index (χ2v) is 6.63. The summed E-state index contributed by atoms with van der Waals surface area (Å²) in [6.07, 6.45) is -0.122. The highest BCUT2D eigenvalue weighted by Gasteiger charge is 2.20. The third kappa shape index (κ3) is 4.31. The molecule has 3 rings (SSSR count). The standard InChI is InChI=1S/C20H19ClO7/c1-11(2)28-19-14(21)6-13(8-18(19)24-3)20(23)25-9-15(22)12-4-5-16-17(7-12)27-10-26-16/h4-8,11H,9-10H2,1-3H3. The maximum absolute atomic E-state index is 12.3. The van der Waals surface area contributed by atoms with Gasteiger partial charge in [-0.3, -0.25) is 4.79 Å². The predicted octanol–water partition coefficient (Wildman–Crippen LogP) is 3.90. The number of carbonyl (C=O) groups excluding carboxylic acids is 2. The molecule has 0 radical (unpaired) electrons. The lowest BCUT2D eigenvalue weighted by molar-refractivity contribution is 0.0474. The minimum Gasteiger partial charge on any atom is -0.493 e. The number of ketones is 1. The second kappa shape index (κ2) is 8.39. The first kappa shape index (κ1) is 19.8. The van der Waals surface area contributed by atoms with E-state index >= 15 is 0 Å². The van der Waals surface area contributed by atoms with Gasteiger partial charge in [-0.25, -0.2) is 4.79 Å². The maximum atomic E-state index is 12.3. The molecule has 0 spiro atoms. The summed E-state index contributed by atoms with van der Waals surface area (Å²) in [5, 5.41) is 0.210. The Kier molecular flexibility index (Phi) is 5.94. The number of hydrogen-bond acceptors (Lipinski definition) is 7. The highest BCUT2D eigenvalue weighted by molar-refractivity contribution is 6.32. The van der Waals surface area contributed by atoms with E-state index < -0.39 is 12.6 Å². The van der Waals surface area contributed by atoms with E-state index in [2.05, 4.69) is 0 Å². The van der Waals surface area contributed by atoms with Crippen LogP contribution >= 0.6 is 11.6 Å². The summed E-state index contributed by atoms with van der Waals surface area (Å²) < 4.78 is 26.4. The summed E-state index contributed by atoms with van der Waals surface area (Å²) in [5.41, 5.74) is 0.504. The molecular formula is C20H19ClO7. The number of rotatable bonds is 7. The Labute approximate surface area is 167 Å². The van der Waals surface area contributed by atoms with Crippen LogP contribution in [0, 0.1) is 0 Å². The molecule has 28 heavy (non-hydrogen) atoms. The van der Waals surface area contributed by atoms with Gasteiger partial charge < -0.3 is 23.7 Å². The van der Waals surface area contributed by atoms with Crippen LogP contribution in [0.5, 0.6) is 23.0 Å².